The zero-order valence-electron chi connectivity index (χ0n) is 14.6. The van der Waals surface area contributed by atoms with Gasteiger partial charge in [-0.25, -0.2) is 0 Å². The molecule has 2 aromatic rings. The number of anilines is 1. The molecule has 1 aromatic carbocycles. The molecule has 28 heavy (non-hydrogen) atoms. The highest BCUT2D eigenvalue weighted by Crippen LogP contribution is 2.51. The Balaban J connectivity index is 1.49. The summed E-state index contributed by atoms with van der Waals surface area (Å²) in [7, 11) is 0. The number of rotatable bonds is 4. The number of para-hydroxylation sites is 1. The third-order valence-corrected chi connectivity index (χ3v) is 6.10. The van der Waals surface area contributed by atoms with Gasteiger partial charge in [0.1, 0.15) is 16.8 Å². The number of nitriles is 1. The minimum absolute atomic E-state index is 0.273. The van der Waals surface area contributed by atoms with Crippen LogP contribution in [0.5, 0.6) is 5.75 Å². The van der Waals surface area contributed by atoms with Crippen LogP contribution in [0, 0.1) is 17.2 Å². The van der Waals surface area contributed by atoms with E-state index in [9.17, 15) is 23.2 Å². The summed E-state index contributed by atoms with van der Waals surface area (Å²) in [5, 5.41) is 16.0. The molecule has 4 rings (SSSR count). The Morgan fingerprint density at radius 2 is 2.14 bits per heavy atom. The van der Waals surface area contributed by atoms with Crippen LogP contribution in [0.2, 0.25) is 0 Å². The Kier molecular flexibility index (Phi) is 4.77. The van der Waals surface area contributed by atoms with Gasteiger partial charge in [-0.1, -0.05) is 18.2 Å². The lowest BCUT2D eigenvalue weighted by molar-refractivity contribution is -0.274. The van der Waals surface area contributed by atoms with Crippen molar-refractivity contribution in [3.8, 4) is 11.8 Å². The number of amides is 1. The second-order valence-electron chi connectivity index (χ2n) is 6.77. The van der Waals surface area contributed by atoms with Crippen LogP contribution < -0.4 is 15.4 Å². The fraction of sp³-hybridized carbons (Fsp3) is 0.368. The molecule has 0 spiro atoms. The first-order chi connectivity index (χ1) is 13.4. The van der Waals surface area contributed by atoms with Crippen molar-refractivity contribution in [1.29, 1.82) is 5.26 Å². The van der Waals surface area contributed by atoms with Gasteiger partial charge >= 0.3 is 6.36 Å². The molecule has 0 radical (unpaired) electrons. The van der Waals surface area contributed by atoms with Crippen molar-refractivity contribution in [2.24, 2.45) is 5.92 Å². The highest BCUT2D eigenvalue weighted by Gasteiger charge is 2.46. The van der Waals surface area contributed by atoms with E-state index in [1.807, 2.05) is 0 Å². The van der Waals surface area contributed by atoms with E-state index in [-0.39, 0.29) is 17.6 Å². The topological polar surface area (TPSA) is 74.2 Å². The SMILES string of the molecule is N#Cc1c(NC(=O)C2CC2c2ccccc2OC(F)(F)F)sc2c1CCNC2. The normalized spacial score (nSPS) is 20.8. The number of nitrogens with zero attached hydrogens (tertiary/aromatic N) is 1. The summed E-state index contributed by atoms with van der Waals surface area (Å²) in [6, 6.07) is 8.06. The Morgan fingerprint density at radius 1 is 1.36 bits per heavy atom. The third kappa shape index (κ3) is 3.70. The quantitative estimate of drug-likeness (QED) is 0.806. The van der Waals surface area contributed by atoms with E-state index in [1.165, 1.54) is 23.5 Å². The number of halogens is 3. The van der Waals surface area contributed by atoms with Crippen LogP contribution >= 0.6 is 11.3 Å². The van der Waals surface area contributed by atoms with E-state index in [4.69, 9.17) is 0 Å². The number of benzene rings is 1. The first-order valence-electron chi connectivity index (χ1n) is 8.78. The summed E-state index contributed by atoms with van der Waals surface area (Å²) < 4.78 is 41.9. The van der Waals surface area contributed by atoms with Crippen molar-refractivity contribution in [1.82, 2.24) is 5.32 Å². The molecule has 1 aliphatic carbocycles. The van der Waals surface area contributed by atoms with Crippen molar-refractivity contribution >= 4 is 22.2 Å². The van der Waals surface area contributed by atoms with E-state index in [1.54, 1.807) is 12.1 Å². The molecule has 1 saturated carbocycles. The van der Waals surface area contributed by atoms with Crippen LogP contribution in [0.1, 0.15) is 33.9 Å². The smallest absolute Gasteiger partial charge is 0.405 e. The lowest BCUT2D eigenvalue weighted by Crippen LogP contribution is -2.22. The second-order valence-corrected chi connectivity index (χ2v) is 7.88. The second kappa shape index (κ2) is 7.11. The number of alkyl halides is 3. The van der Waals surface area contributed by atoms with Crippen LogP contribution in [-0.4, -0.2) is 18.8 Å². The number of hydrogen-bond acceptors (Lipinski definition) is 5. The van der Waals surface area contributed by atoms with Gasteiger partial charge in [-0.3, -0.25) is 4.79 Å². The van der Waals surface area contributed by atoms with Crippen LogP contribution in [0.3, 0.4) is 0 Å². The van der Waals surface area contributed by atoms with Crippen LogP contribution in [0.25, 0.3) is 0 Å². The molecular formula is C19H16F3N3O2S. The average Bonchev–Trinajstić information content (AvgIpc) is 3.36. The lowest BCUT2D eigenvalue weighted by Gasteiger charge is -2.13. The maximum absolute atomic E-state index is 12.6. The predicted octanol–water partition coefficient (Wildman–Crippen LogP) is 3.91. The molecule has 9 heteroatoms. The van der Waals surface area contributed by atoms with Gasteiger partial charge in [0.25, 0.3) is 0 Å². The first-order valence-corrected chi connectivity index (χ1v) is 9.60. The van der Waals surface area contributed by atoms with Gasteiger partial charge in [-0.05, 0) is 42.5 Å². The average molecular weight is 407 g/mol. The summed E-state index contributed by atoms with van der Waals surface area (Å²) in [5.74, 6) is -1.33. The standard InChI is InChI=1S/C19H16F3N3O2S/c20-19(21,22)27-15-4-2-1-3-10(15)12-7-13(12)17(26)25-18-14(8-23)11-5-6-24-9-16(11)28-18/h1-4,12-13,24H,5-7,9H2,(H,25,26). The Morgan fingerprint density at radius 3 is 2.89 bits per heavy atom. The van der Waals surface area contributed by atoms with Crippen LogP contribution in [0.4, 0.5) is 18.2 Å². The van der Waals surface area contributed by atoms with E-state index in [2.05, 4.69) is 21.4 Å². The zero-order valence-corrected chi connectivity index (χ0v) is 15.4. The Bertz CT molecular complexity index is 964. The molecule has 1 aliphatic heterocycles. The monoisotopic (exact) mass is 407 g/mol. The molecule has 146 valence electrons. The highest BCUT2D eigenvalue weighted by atomic mass is 32.1. The van der Waals surface area contributed by atoms with Gasteiger partial charge in [0, 0.05) is 17.3 Å². The van der Waals surface area contributed by atoms with Crippen molar-refractivity contribution in [2.45, 2.75) is 31.7 Å². The van der Waals surface area contributed by atoms with Gasteiger partial charge in [-0.15, -0.1) is 24.5 Å². The molecule has 2 unspecified atom stereocenters. The minimum atomic E-state index is -4.78. The molecule has 2 atom stereocenters. The van der Waals surface area contributed by atoms with E-state index in [0.717, 1.165) is 23.4 Å². The van der Waals surface area contributed by atoms with E-state index in [0.29, 0.717) is 29.1 Å². The highest BCUT2D eigenvalue weighted by molar-refractivity contribution is 7.16. The number of carbonyl (C=O) groups excluding carboxylic acids is 1. The molecule has 2 heterocycles. The molecule has 5 nitrogen and oxygen atoms in total. The number of carbonyl (C=O) groups is 1. The maximum atomic E-state index is 12.6. The largest absolute Gasteiger partial charge is 0.573 e. The third-order valence-electron chi connectivity index (χ3n) is 4.95. The van der Waals surface area contributed by atoms with Gasteiger partial charge in [0.15, 0.2) is 0 Å². The summed E-state index contributed by atoms with van der Waals surface area (Å²) in [6.45, 7) is 1.45. The predicted molar refractivity (Wildman–Crippen MR) is 97.0 cm³/mol. The molecule has 1 fully saturated rings. The molecule has 1 aromatic heterocycles. The number of thiophene rings is 1. The lowest BCUT2D eigenvalue weighted by atomic mass is 10.0. The fourth-order valence-electron chi connectivity index (χ4n) is 3.58. The van der Waals surface area contributed by atoms with Crippen molar-refractivity contribution in [3.63, 3.8) is 0 Å². The molecule has 2 aliphatic rings. The number of hydrogen-bond donors (Lipinski definition) is 2. The van der Waals surface area contributed by atoms with Gasteiger partial charge in [0.2, 0.25) is 5.91 Å². The summed E-state index contributed by atoms with van der Waals surface area (Å²) in [6.07, 6.45) is -3.61. The number of ether oxygens (including phenoxy) is 1. The maximum Gasteiger partial charge on any atom is 0.573 e. The first kappa shape index (κ1) is 18.8. The molecule has 0 saturated heterocycles. The van der Waals surface area contributed by atoms with Gasteiger partial charge in [0.05, 0.1) is 5.56 Å². The van der Waals surface area contributed by atoms with E-state index >= 15 is 0 Å². The van der Waals surface area contributed by atoms with Gasteiger partial charge in [-0.2, -0.15) is 5.26 Å². The molecule has 0 bridgehead atoms. The Hall–Kier alpha value is -2.57. The zero-order chi connectivity index (χ0) is 19.9. The van der Waals surface area contributed by atoms with E-state index < -0.39 is 12.3 Å². The van der Waals surface area contributed by atoms with Crippen molar-refractivity contribution in [2.75, 3.05) is 11.9 Å². The van der Waals surface area contributed by atoms with Crippen LogP contribution in [0.15, 0.2) is 24.3 Å². The number of nitrogens with one attached hydrogen (secondary N) is 2. The number of fused-ring (bicyclic) bond motifs is 1. The molecule has 1 amide bonds. The summed E-state index contributed by atoms with van der Waals surface area (Å²) in [5.41, 5.74) is 1.83. The molecular weight excluding hydrogens is 391 g/mol. The van der Waals surface area contributed by atoms with Crippen LogP contribution in [-0.2, 0) is 17.8 Å². The Labute approximate surface area is 163 Å². The van der Waals surface area contributed by atoms with Crippen molar-refractivity contribution < 1.29 is 22.7 Å². The van der Waals surface area contributed by atoms with Crippen molar-refractivity contribution in [3.05, 3.63) is 45.8 Å². The fourth-order valence-corrected chi connectivity index (χ4v) is 4.75. The summed E-state index contributed by atoms with van der Waals surface area (Å²) in [4.78, 5) is 13.7. The summed E-state index contributed by atoms with van der Waals surface area (Å²) >= 11 is 1.38. The molecule has 2 N–H and O–H groups in total. The minimum Gasteiger partial charge on any atom is -0.405 e. The van der Waals surface area contributed by atoms with Gasteiger partial charge < -0.3 is 15.4 Å².